The minimum Gasteiger partial charge on any atom is -0.497 e. The van der Waals surface area contributed by atoms with Crippen molar-refractivity contribution in [2.45, 2.75) is 12.6 Å². The van der Waals surface area contributed by atoms with Crippen LogP contribution >= 0.6 is 11.6 Å². The smallest absolute Gasteiger partial charge is 0.287 e. The minimum absolute atomic E-state index is 0.0866. The molecule has 4 nitrogen and oxygen atoms in total. The van der Waals surface area contributed by atoms with E-state index in [0.717, 1.165) is 11.1 Å². The molecule has 0 saturated heterocycles. The van der Waals surface area contributed by atoms with Crippen LogP contribution in [0, 0.1) is 0 Å². The number of benzene rings is 3. The average molecular weight is 382 g/mol. The molecule has 0 fully saturated rings. The van der Waals surface area contributed by atoms with Gasteiger partial charge in [0.15, 0.2) is 6.04 Å². The molecular formula is C22H22ClN2O2+. The van der Waals surface area contributed by atoms with E-state index in [-0.39, 0.29) is 11.9 Å². The molecule has 0 aliphatic heterocycles. The standard InChI is InChI=1S/C22H21ClN2O2/c1-27-20-12-6-11-19(14-20)25-22(26)21(17-8-3-2-4-9-17)24-15-16-7-5-10-18(23)13-16/h2-14,21,24H,15H2,1H3,(H,25,26)/p+1/t21-/m0/s1. The maximum absolute atomic E-state index is 13.0. The fourth-order valence-corrected chi connectivity index (χ4v) is 3.11. The molecule has 0 unspecified atom stereocenters. The van der Waals surface area contributed by atoms with Gasteiger partial charge in [0.25, 0.3) is 5.91 Å². The zero-order valence-corrected chi connectivity index (χ0v) is 15.8. The van der Waals surface area contributed by atoms with Crippen LogP contribution in [0.4, 0.5) is 5.69 Å². The number of quaternary nitrogens is 1. The number of nitrogens with two attached hydrogens (primary N) is 1. The average Bonchev–Trinajstić information content (AvgIpc) is 2.69. The van der Waals surface area contributed by atoms with Crippen LogP contribution < -0.4 is 15.4 Å². The molecule has 1 atom stereocenters. The van der Waals surface area contributed by atoms with Crippen LogP contribution in [0.3, 0.4) is 0 Å². The SMILES string of the molecule is COc1cccc(NC(=O)[C@@H]([NH2+]Cc2cccc(Cl)c2)c2ccccc2)c1. The number of carbonyl (C=O) groups excluding carboxylic acids is 1. The molecule has 138 valence electrons. The molecule has 3 aromatic carbocycles. The van der Waals surface area contributed by atoms with Gasteiger partial charge >= 0.3 is 0 Å². The van der Waals surface area contributed by atoms with Gasteiger partial charge < -0.3 is 15.4 Å². The van der Waals surface area contributed by atoms with Gasteiger partial charge in [-0.1, -0.05) is 60.1 Å². The number of hydrogen-bond acceptors (Lipinski definition) is 2. The second-order valence-corrected chi connectivity index (χ2v) is 6.62. The largest absolute Gasteiger partial charge is 0.497 e. The molecule has 27 heavy (non-hydrogen) atoms. The summed E-state index contributed by atoms with van der Waals surface area (Å²) in [6.45, 7) is 0.644. The summed E-state index contributed by atoms with van der Waals surface area (Å²) in [6.07, 6.45) is 0. The Morgan fingerprint density at radius 1 is 1.04 bits per heavy atom. The molecule has 0 saturated carbocycles. The molecule has 0 radical (unpaired) electrons. The second-order valence-electron chi connectivity index (χ2n) is 6.18. The van der Waals surface area contributed by atoms with Crippen LogP contribution in [0.1, 0.15) is 17.2 Å². The summed E-state index contributed by atoms with van der Waals surface area (Å²) in [5.41, 5.74) is 2.72. The molecule has 5 heteroatoms. The summed E-state index contributed by atoms with van der Waals surface area (Å²) >= 11 is 6.07. The number of methoxy groups -OCH3 is 1. The Morgan fingerprint density at radius 2 is 1.81 bits per heavy atom. The van der Waals surface area contributed by atoms with Gasteiger partial charge in [0.1, 0.15) is 12.3 Å². The molecule has 0 aliphatic carbocycles. The van der Waals surface area contributed by atoms with Gasteiger partial charge in [0.2, 0.25) is 0 Å². The van der Waals surface area contributed by atoms with Crippen LogP contribution in [0.25, 0.3) is 0 Å². The van der Waals surface area contributed by atoms with Gasteiger partial charge in [-0.15, -0.1) is 0 Å². The van der Waals surface area contributed by atoms with Gasteiger partial charge in [-0.05, 0) is 24.3 Å². The Kier molecular flexibility index (Phi) is 6.47. The van der Waals surface area contributed by atoms with Crippen molar-refractivity contribution in [1.82, 2.24) is 0 Å². The highest BCUT2D eigenvalue weighted by Crippen LogP contribution is 2.19. The van der Waals surface area contributed by atoms with Gasteiger partial charge in [-0.2, -0.15) is 0 Å². The van der Waals surface area contributed by atoms with Crippen LogP contribution in [0.5, 0.6) is 5.75 Å². The van der Waals surface area contributed by atoms with Crippen LogP contribution in [-0.2, 0) is 11.3 Å². The first-order chi connectivity index (χ1) is 13.2. The van der Waals surface area contributed by atoms with Gasteiger partial charge in [0, 0.05) is 27.9 Å². The van der Waals surface area contributed by atoms with Crippen molar-refractivity contribution in [2.24, 2.45) is 0 Å². The highest BCUT2D eigenvalue weighted by molar-refractivity contribution is 6.30. The monoisotopic (exact) mass is 381 g/mol. The van der Waals surface area contributed by atoms with E-state index in [4.69, 9.17) is 16.3 Å². The lowest BCUT2D eigenvalue weighted by molar-refractivity contribution is -0.697. The van der Waals surface area contributed by atoms with E-state index >= 15 is 0 Å². The number of nitrogens with one attached hydrogen (secondary N) is 1. The normalized spacial score (nSPS) is 11.6. The number of halogens is 1. The predicted molar refractivity (Wildman–Crippen MR) is 108 cm³/mol. The Hall–Kier alpha value is -2.82. The van der Waals surface area contributed by atoms with Crippen molar-refractivity contribution >= 4 is 23.2 Å². The lowest BCUT2D eigenvalue weighted by atomic mass is 10.1. The van der Waals surface area contributed by atoms with Crippen LogP contribution in [-0.4, -0.2) is 13.0 Å². The molecule has 0 spiro atoms. The maximum Gasteiger partial charge on any atom is 0.287 e. The van der Waals surface area contributed by atoms with Crippen molar-refractivity contribution in [2.75, 3.05) is 12.4 Å². The Labute approximate surface area is 164 Å². The lowest BCUT2D eigenvalue weighted by Crippen LogP contribution is -2.85. The van der Waals surface area contributed by atoms with Crippen molar-refractivity contribution in [1.29, 1.82) is 0 Å². The van der Waals surface area contributed by atoms with Gasteiger partial charge in [-0.25, -0.2) is 0 Å². The fraction of sp³-hybridized carbons (Fsp3) is 0.136. The second kappa shape index (κ2) is 9.21. The number of amides is 1. The third kappa shape index (κ3) is 5.33. The summed E-state index contributed by atoms with van der Waals surface area (Å²) in [7, 11) is 1.60. The van der Waals surface area contributed by atoms with E-state index in [9.17, 15) is 4.79 Å². The highest BCUT2D eigenvalue weighted by Gasteiger charge is 2.24. The van der Waals surface area contributed by atoms with Gasteiger partial charge in [-0.3, -0.25) is 4.79 Å². The third-order valence-electron chi connectivity index (χ3n) is 4.26. The lowest BCUT2D eigenvalue weighted by Gasteiger charge is -2.16. The first-order valence-electron chi connectivity index (χ1n) is 8.73. The first-order valence-corrected chi connectivity index (χ1v) is 9.11. The quantitative estimate of drug-likeness (QED) is 0.654. The fourth-order valence-electron chi connectivity index (χ4n) is 2.89. The summed E-state index contributed by atoms with van der Waals surface area (Å²) in [4.78, 5) is 13.0. The van der Waals surface area contributed by atoms with Gasteiger partial charge in [0.05, 0.1) is 7.11 Å². The number of rotatable bonds is 7. The van der Waals surface area contributed by atoms with E-state index in [1.807, 2.05) is 78.1 Å². The molecule has 0 bridgehead atoms. The number of hydrogen-bond donors (Lipinski definition) is 2. The number of carbonyl (C=O) groups is 1. The molecule has 1 amide bonds. The molecule has 0 heterocycles. The first kappa shape index (κ1) is 19.0. The van der Waals surface area contributed by atoms with Crippen LogP contribution in [0.2, 0.25) is 5.02 Å². The summed E-state index contributed by atoms with van der Waals surface area (Å²) in [6, 6.07) is 24.4. The highest BCUT2D eigenvalue weighted by atomic mass is 35.5. The van der Waals surface area contributed by atoms with Crippen molar-refractivity contribution < 1.29 is 14.8 Å². The van der Waals surface area contributed by atoms with Crippen molar-refractivity contribution in [3.05, 3.63) is 95.0 Å². The van der Waals surface area contributed by atoms with E-state index in [0.29, 0.717) is 23.0 Å². The van der Waals surface area contributed by atoms with E-state index < -0.39 is 0 Å². The zero-order chi connectivity index (χ0) is 19.1. The van der Waals surface area contributed by atoms with Crippen molar-refractivity contribution in [3.8, 4) is 5.75 Å². The zero-order valence-electron chi connectivity index (χ0n) is 15.1. The Bertz CT molecular complexity index is 900. The summed E-state index contributed by atoms with van der Waals surface area (Å²) in [5.74, 6) is 0.614. The Balaban J connectivity index is 1.77. The molecule has 3 rings (SSSR count). The van der Waals surface area contributed by atoms with E-state index in [2.05, 4.69) is 5.32 Å². The third-order valence-corrected chi connectivity index (χ3v) is 4.49. The molecular weight excluding hydrogens is 360 g/mol. The summed E-state index contributed by atoms with van der Waals surface area (Å²) in [5, 5.41) is 5.69. The molecule has 3 aromatic rings. The van der Waals surface area contributed by atoms with Crippen LogP contribution in [0.15, 0.2) is 78.9 Å². The van der Waals surface area contributed by atoms with Crippen molar-refractivity contribution in [3.63, 3.8) is 0 Å². The summed E-state index contributed by atoms with van der Waals surface area (Å²) < 4.78 is 5.23. The minimum atomic E-state index is -0.378. The number of anilines is 1. The van der Waals surface area contributed by atoms with E-state index in [1.165, 1.54) is 0 Å². The maximum atomic E-state index is 13.0. The number of ether oxygens (including phenoxy) is 1. The molecule has 3 N–H and O–H groups in total. The van der Waals surface area contributed by atoms with E-state index in [1.54, 1.807) is 13.2 Å². The predicted octanol–water partition coefficient (Wildman–Crippen LogP) is 3.79. The topological polar surface area (TPSA) is 54.9 Å². The molecule has 0 aliphatic rings. The Morgan fingerprint density at radius 3 is 2.56 bits per heavy atom. The molecule has 0 aromatic heterocycles.